The van der Waals surface area contributed by atoms with Gasteiger partial charge in [-0.2, -0.15) is 0 Å². The first-order valence-corrected chi connectivity index (χ1v) is 38.7. The molecule has 0 aromatic heterocycles. The van der Waals surface area contributed by atoms with Crippen LogP contribution in [0.5, 0.6) is 0 Å². The van der Waals surface area contributed by atoms with Crippen molar-refractivity contribution in [3.05, 3.63) is 0 Å². The molecule has 88 heavy (non-hydrogen) atoms. The van der Waals surface area contributed by atoms with Gasteiger partial charge in [-0.1, -0.05) is 287 Å². The van der Waals surface area contributed by atoms with Gasteiger partial charge in [-0.15, -0.1) is 0 Å². The van der Waals surface area contributed by atoms with Crippen LogP contribution in [0, 0.1) is 23.7 Å². The number of unbranched alkanes of at least 4 members (excludes halogenated alkanes) is 32. The first kappa shape index (κ1) is 86.1. The molecule has 5 atom stereocenters. The maximum Gasteiger partial charge on any atom is 0.472 e. The normalized spacial score (nSPS) is 14.3. The largest absolute Gasteiger partial charge is 0.472 e. The molecular formula is C69H134O17P2. The van der Waals surface area contributed by atoms with Crippen LogP contribution in [0.1, 0.15) is 338 Å². The summed E-state index contributed by atoms with van der Waals surface area (Å²) < 4.78 is 68.2. The standard InChI is InChI=1S/C69H134O17P2/c1-59(2)45-37-29-21-14-10-9-11-16-26-35-43-51-68(73)86-65(56-80-67(72)50-42-34-28-20-24-32-40-48-62(7)8)58-84-88(77,78)82-54-63(70)53-81-87(75,76)83-57-64(55-79-66(71)49-41-33-25-19-18-23-31-39-47-61(5)6)85-69(74)52-44-36-27-17-13-12-15-22-30-38-46-60(3)4/h59-65,70H,9-58H2,1-8H3,(H,75,76)(H,77,78)/t63?,64-,65-/m1/s1. The van der Waals surface area contributed by atoms with Gasteiger partial charge in [0.2, 0.25) is 0 Å². The van der Waals surface area contributed by atoms with Crippen molar-refractivity contribution in [2.45, 2.75) is 356 Å². The van der Waals surface area contributed by atoms with Gasteiger partial charge in [0.25, 0.3) is 0 Å². The fourth-order valence-electron chi connectivity index (χ4n) is 10.3. The van der Waals surface area contributed by atoms with E-state index in [1.165, 1.54) is 135 Å². The molecule has 0 saturated carbocycles. The smallest absolute Gasteiger partial charge is 0.462 e. The number of esters is 4. The van der Waals surface area contributed by atoms with Crippen molar-refractivity contribution in [3.8, 4) is 0 Å². The third kappa shape index (κ3) is 62.8. The molecule has 3 unspecified atom stereocenters. The molecule has 0 amide bonds. The summed E-state index contributed by atoms with van der Waals surface area (Å²) in [5.74, 6) is 0.817. The van der Waals surface area contributed by atoms with Gasteiger partial charge in [0.15, 0.2) is 12.2 Å². The van der Waals surface area contributed by atoms with Gasteiger partial charge in [-0.3, -0.25) is 37.3 Å². The summed E-state index contributed by atoms with van der Waals surface area (Å²) in [6.07, 6.45) is 40.4. The molecule has 3 N–H and O–H groups in total. The van der Waals surface area contributed by atoms with E-state index in [-0.39, 0.29) is 25.7 Å². The predicted molar refractivity (Wildman–Crippen MR) is 354 cm³/mol. The molecule has 0 aliphatic rings. The minimum absolute atomic E-state index is 0.105. The van der Waals surface area contributed by atoms with Gasteiger partial charge in [-0.25, -0.2) is 9.13 Å². The van der Waals surface area contributed by atoms with Crippen molar-refractivity contribution >= 4 is 39.5 Å². The Morgan fingerprint density at radius 3 is 0.705 bits per heavy atom. The lowest BCUT2D eigenvalue weighted by atomic mass is 10.0. The molecule has 0 rings (SSSR count). The monoisotopic (exact) mass is 1300 g/mol. The second-order valence-electron chi connectivity index (χ2n) is 26.8. The average Bonchev–Trinajstić information content (AvgIpc) is 3.48. The van der Waals surface area contributed by atoms with Crippen molar-refractivity contribution in [2.75, 3.05) is 39.6 Å². The molecule has 0 aromatic carbocycles. The molecule has 0 heterocycles. The molecule has 17 nitrogen and oxygen atoms in total. The second kappa shape index (κ2) is 58.8. The Morgan fingerprint density at radius 1 is 0.284 bits per heavy atom. The summed E-state index contributed by atoms with van der Waals surface area (Å²) in [4.78, 5) is 72.5. The Kier molecular flexibility index (Phi) is 57.6. The Morgan fingerprint density at radius 2 is 0.477 bits per heavy atom. The Balaban J connectivity index is 5.26. The molecule has 0 aliphatic carbocycles. The van der Waals surface area contributed by atoms with Crippen LogP contribution >= 0.6 is 15.6 Å². The van der Waals surface area contributed by atoms with E-state index in [1.807, 2.05) is 0 Å². The SMILES string of the molecule is CC(C)CCCCCCCCCCCCCC(=O)O[C@H](COC(=O)CCCCCCCCCC(C)C)COP(=O)(O)OCC(O)COP(=O)(O)OC[C@@H](COC(=O)CCCCCCCCCCC(C)C)OC(=O)CCCCCCCCCCCCC(C)C. The van der Waals surface area contributed by atoms with Crippen LogP contribution in [0.15, 0.2) is 0 Å². The van der Waals surface area contributed by atoms with Gasteiger partial charge in [0.1, 0.15) is 19.3 Å². The first-order valence-electron chi connectivity index (χ1n) is 35.7. The summed E-state index contributed by atoms with van der Waals surface area (Å²) >= 11 is 0. The Labute approximate surface area is 537 Å². The third-order valence-corrected chi connectivity index (χ3v) is 17.7. The molecular weight excluding hydrogens is 1160 g/mol. The number of aliphatic hydroxyl groups is 1. The highest BCUT2D eigenvalue weighted by atomic mass is 31.2. The summed E-state index contributed by atoms with van der Waals surface area (Å²) in [6.45, 7) is 14.0. The van der Waals surface area contributed by atoms with E-state index in [4.69, 9.17) is 37.0 Å². The van der Waals surface area contributed by atoms with Crippen LogP contribution < -0.4 is 0 Å². The molecule has 0 aliphatic heterocycles. The van der Waals surface area contributed by atoms with Crippen molar-refractivity contribution in [3.63, 3.8) is 0 Å². The number of hydrogen-bond donors (Lipinski definition) is 3. The molecule has 0 fully saturated rings. The first-order chi connectivity index (χ1) is 42.1. The fourth-order valence-corrected chi connectivity index (χ4v) is 11.9. The van der Waals surface area contributed by atoms with E-state index < -0.39 is 97.5 Å². The van der Waals surface area contributed by atoms with Gasteiger partial charge in [0, 0.05) is 25.7 Å². The van der Waals surface area contributed by atoms with Gasteiger partial charge < -0.3 is 33.8 Å². The second-order valence-corrected chi connectivity index (χ2v) is 29.7. The number of aliphatic hydroxyl groups excluding tert-OH is 1. The topological polar surface area (TPSA) is 237 Å². The zero-order valence-corrected chi connectivity index (χ0v) is 59.1. The van der Waals surface area contributed by atoms with Gasteiger partial charge in [0.05, 0.1) is 26.4 Å². The number of ether oxygens (including phenoxy) is 4. The molecule has 0 bridgehead atoms. The number of hydrogen-bond acceptors (Lipinski definition) is 15. The number of carbonyl (C=O) groups is 4. The molecule has 0 aromatic rings. The Bertz CT molecular complexity index is 1750. The third-order valence-electron chi connectivity index (χ3n) is 15.8. The van der Waals surface area contributed by atoms with Gasteiger partial charge >= 0.3 is 39.5 Å². The summed E-state index contributed by atoms with van der Waals surface area (Å²) in [6, 6.07) is 0. The molecule has 522 valence electrons. The molecule has 0 radical (unpaired) electrons. The van der Waals surface area contributed by atoms with Crippen molar-refractivity contribution in [2.24, 2.45) is 23.7 Å². The van der Waals surface area contributed by atoms with E-state index in [2.05, 4.69) is 55.4 Å². The molecule has 19 heteroatoms. The van der Waals surface area contributed by atoms with E-state index in [0.717, 1.165) is 114 Å². The number of phosphoric ester groups is 2. The van der Waals surface area contributed by atoms with Crippen LogP contribution in [-0.2, 0) is 65.4 Å². The summed E-state index contributed by atoms with van der Waals surface area (Å²) in [5.41, 5.74) is 0. The molecule has 0 spiro atoms. The van der Waals surface area contributed by atoms with Crippen molar-refractivity contribution < 1.29 is 80.2 Å². The van der Waals surface area contributed by atoms with Crippen LogP contribution in [0.3, 0.4) is 0 Å². The molecule has 0 saturated heterocycles. The summed E-state index contributed by atoms with van der Waals surface area (Å²) in [7, 11) is -9.90. The van der Waals surface area contributed by atoms with Crippen molar-refractivity contribution in [1.29, 1.82) is 0 Å². The number of carbonyl (C=O) groups excluding carboxylic acids is 4. The lowest BCUT2D eigenvalue weighted by Crippen LogP contribution is -2.30. The van der Waals surface area contributed by atoms with Crippen molar-refractivity contribution in [1.82, 2.24) is 0 Å². The predicted octanol–water partition coefficient (Wildman–Crippen LogP) is 19.3. The zero-order valence-electron chi connectivity index (χ0n) is 57.3. The number of rotatable bonds is 66. The highest BCUT2D eigenvalue weighted by Gasteiger charge is 2.30. The summed E-state index contributed by atoms with van der Waals surface area (Å²) in [5, 5.41) is 10.6. The fraction of sp³-hybridized carbons (Fsp3) is 0.942. The quantitative estimate of drug-likeness (QED) is 0.0222. The van der Waals surface area contributed by atoms with E-state index in [1.54, 1.807) is 0 Å². The Hall–Kier alpha value is -1.94. The minimum Gasteiger partial charge on any atom is -0.462 e. The highest BCUT2D eigenvalue weighted by Crippen LogP contribution is 2.45. The van der Waals surface area contributed by atoms with Crippen LogP contribution in [-0.4, -0.2) is 96.7 Å². The number of phosphoric acid groups is 2. The van der Waals surface area contributed by atoms with E-state index in [9.17, 15) is 43.2 Å². The van der Waals surface area contributed by atoms with E-state index >= 15 is 0 Å². The average molecular weight is 1300 g/mol. The zero-order chi connectivity index (χ0) is 65.4. The minimum atomic E-state index is -4.95. The lowest BCUT2D eigenvalue weighted by Gasteiger charge is -2.21. The highest BCUT2D eigenvalue weighted by molar-refractivity contribution is 7.47. The maximum absolute atomic E-state index is 13.0. The maximum atomic E-state index is 13.0. The van der Waals surface area contributed by atoms with Gasteiger partial charge in [-0.05, 0) is 49.4 Å². The van der Waals surface area contributed by atoms with Crippen LogP contribution in [0.2, 0.25) is 0 Å². The van der Waals surface area contributed by atoms with Crippen LogP contribution in [0.25, 0.3) is 0 Å². The van der Waals surface area contributed by atoms with Crippen LogP contribution in [0.4, 0.5) is 0 Å². The lowest BCUT2D eigenvalue weighted by molar-refractivity contribution is -0.161. The van der Waals surface area contributed by atoms with E-state index in [0.29, 0.717) is 31.6 Å².